The van der Waals surface area contributed by atoms with Gasteiger partial charge >= 0.3 is 5.97 Å². The zero-order valence-corrected chi connectivity index (χ0v) is 16.7. The minimum Gasteiger partial charge on any atom is -0.452 e. The number of carbonyl (C=O) groups is 2. The molecule has 1 aromatic carbocycles. The van der Waals surface area contributed by atoms with E-state index in [-0.39, 0.29) is 33.3 Å². The second-order valence-corrected chi connectivity index (χ2v) is 9.49. The van der Waals surface area contributed by atoms with Crippen molar-refractivity contribution in [2.45, 2.75) is 43.5 Å². The SMILES string of the molecule is C[C@H]1CCCN(S(=O)(=O)c2cc(C(=O)OCC(=O)NC3CC3)ccc2Cl)C1. The normalized spacial score (nSPS) is 20.9. The number of piperidine rings is 1. The maximum absolute atomic E-state index is 12.9. The Labute approximate surface area is 164 Å². The van der Waals surface area contributed by atoms with Crippen LogP contribution in [0.4, 0.5) is 0 Å². The predicted octanol–water partition coefficient (Wildman–Crippen LogP) is 2.20. The predicted molar refractivity (Wildman–Crippen MR) is 100 cm³/mol. The molecule has 1 heterocycles. The molecule has 0 unspecified atom stereocenters. The summed E-state index contributed by atoms with van der Waals surface area (Å²) in [7, 11) is -3.81. The van der Waals surface area contributed by atoms with Gasteiger partial charge in [-0.1, -0.05) is 18.5 Å². The minimum atomic E-state index is -3.81. The number of rotatable bonds is 6. The van der Waals surface area contributed by atoms with Crippen molar-refractivity contribution in [2.24, 2.45) is 5.92 Å². The fourth-order valence-electron chi connectivity index (χ4n) is 3.04. The first-order valence-corrected chi connectivity index (χ1v) is 10.9. The van der Waals surface area contributed by atoms with Crippen LogP contribution in [0, 0.1) is 5.92 Å². The van der Waals surface area contributed by atoms with Crippen LogP contribution in [0.25, 0.3) is 0 Å². The fourth-order valence-corrected chi connectivity index (χ4v) is 5.14. The van der Waals surface area contributed by atoms with E-state index in [9.17, 15) is 18.0 Å². The lowest BCUT2D eigenvalue weighted by atomic mass is 10.0. The Morgan fingerprint density at radius 3 is 2.70 bits per heavy atom. The third-order valence-electron chi connectivity index (χ3n) is 4.68. The molecule has 0 radical (unpaired) electrons. The third-order valence-corrected chi connectivity index (χ3v) is 7.03. The number of amides is 1. The van der Waals surface area contributed by atoms with Crippen LogP contribution in [0.1, 0.15) is 43.0 Å². The summed E-state index contributed by atoms with van der Waals surface area (Å²) in [5, 5.41) is 2.76. The summed E-state index contributed by atoms with van der Waals surface area (Å²) in [6.07, 6.45) is 3.64. The lowest BCUT2D eigenvalue weighted by molar-refractivity contribution is -0.124. The van der Waals surface area contributed by atoms with Gasteiger partial charge < -0.3 is 10.1 Å². The number of benzene rings is 1. The first-order valence-electron chi connectivity index (χ1n) is 9.03. The Morgan fingerprint density at radius 1 is 1.30 bits per heavy atom. The largest absolute Gasteiger partial charge is 0.452 e. The first-order chi connectivity index (χ1) is 12.8. The van der Waals surface area contributed by atoms with E-state index in [0.29, 0.717) is 13.1 Å². The van der Waals surface area contributed by atoms with E-state index in [2.05, 4.69) is 5.32 Å². The molecule has 27 heavy (non-hydrogen) atoms. The van der Waals surface area contributed by atoms with Gasteiger partial charge in [-0.15, -0.1) is 0 Å². The van der Waals surface area contributed by atoms with Crippen LogP contribution in [0.2, 0.25) is 5.02 Å². The number of nitrogens with one attached hydrogen (secondary N) is 1. The number of hydrogen-bond acceptors (Lipinski definition) is 5. The van der Waals surface area contributed by atoms with Crippen molar-refractivity contribution in [3.8, 4) is 0 Å². The topological polar surface area (TPSA) is 92.8 Å². The van der Waals surface area contributed by atoms with Crippen LogP contribution in [0.3, 0.4) is 0 Å². The Hall–Kier alpha value is -1.64. The van der Waals surface area contributed by atoms with Crippen LogP contribution >= 0.6 is 11.6 Å². The molecule has 0 aromatic heterocycles. The van der Waals surface area contributed by atoms with Gasteiger partial charge in [0.15, 0.2) is 6.61 Å². The standard InChI is InChI=1S/C18H23ClN2O5S/c1-12-3-2-8-21(10-12)27(24,25)16-9-13(4-7-15(16)19)18(23)26-11-17(22)20-14-5-6-14/h4,7,9,12,14H,2-3,5-6,8,10-11H2,1H3,(H,20,22)/t12-/m0/s1. The number of ether oxygens (including phenoxy) is 1. The smallest absolute Gasteiger partial charge is 0.338 e. The second kappa shape index (κ2) is 8.16. The number of nitrogens with zero attached hydrogens (tertiary/aromatic N) is 1. The molecular formula is C18H23ClN2O5S. The van der Waals surface area contributed by atoms with Crippen molar-refractivity contribution in [3.05, 3.63) is 28.8 Å². The average molecular weight is 415 g/mol. The van der Waals surface area contributed by atoms with E-state index in [4.69, 9.17) is 16.3 Å². The van der Waals surface area contributed by atoms with E-state index < -0.39 is 22.6 Å². The maximum Gasteiger partial charge on any atom is 0.338 e. The summed E-state index contributed by atoms with van der Waals surface area (Å²) in [5.41, 5.74) is 0.0438. The maximum atomic E-state index is 12.9. The summed E-state index contributed by atoms with van der Waals surface area (Å²) in [6, 6.07) is 4.15. The number of sulfonamides is 1. The molecule has 0 bridgehead atoms. The first kappa shape index (κ1) is 20.1. The molecular weight excluding hydrogens is 392 g/mol. The van der Waals surface area contributed by atoms with E-state index in [1.807, 2.05) is 6.92 Å². The van der Waals surface area contributed by atoms with Crippen molar-refractivity contribution >= 4 is 33.5 Å². The molecule has 1 saturated heterocycles. The highest BCUT2D eigenvalue weighted by atomic mass is 35.5. The van der Waals surface area contributed by atoms with Crippen LogP contribution in [0.5, 0.6) is 0 Å². The van der Waals surface area contributed by atoms with Gasteiger partial charge in [0, 0.05) is 19.1 Å². The summed E-state index contributed by atoms with van der Waals surface area (Å²) in [4.78, 5) is 23.7. The quantitative estimate of drug-likeness (QED) is 0.720. The van der Waals surface area contributed by atoms with E-state index in [0.717, 1.165) is 25.7 Å². The highest BCUT2D eigenvalue weighted by Crippen LogP contribution is 2.29. The molecule has 2 aliphatic rings. The third kappa shape index (κ3) is 5.00. The summed E-state index contributed by atoms with van der Waals surface area (Å²) >= 11 is 6.11. The zero-order chi connectivity index (χ0) is 19.6. The number of halogens is 1. The van der Waals surface area contributed by atoms with Gasteiger partial charge in [0.05, 0.1) is 10.6 Å². The molecule has 1 N–H and O–H groups in total. The molecule has 148 valence electrons. The molecule has 3 rings (SSSR count). The van der Waals surface area contributed by atoms with Crippen molar-refractivity contribution in [1.82, 2.24) is 9.62 Å². The minimum absolute atomic E-state index is 0.0438. The molecule has 9 heteroatoms. The van der Waals surface area contributed by atoms with Gasteiger partial charge in [0.25, 0.3) is 5.91 Å². The Morgan fingerprint density at radius 2 is 2.04 bits per heavy atom. The van der Waals surface area contributed by atoms with Gasteiger partial charge in [-0.05, 0) is 49.8 Å². The van der Waals surface area contributed by atoms with Crippen LogP contribution in [-0.2, 0) is 19.6 Å². The van der Waals surface area contributed by atoms with Crippen molar-refractivity contribution in [2.75, 3.05) is 19.7 Å². The highest BCUT2D eigenvalue weighted by Gasteiger charge is 2.31. The molecule has 1 aliphatic heterocycles. The molecule has 7 nitrogen and oxygen atoms in total. The molecule has 1 atom stereocenters. The molecule has 1 saturated carbocycles. The van der Waals surface area contributed by atoms with Crippen LogP contribution in [0.15, 0.2) is 23.1 Å². The Bertz CT molecular complexity index is 838. The summed E-state index contributed by atoms with van der Waals surface area (Å²) < 4.78 is 32.3. The average Bonchev–Trinajstić information content (AvgIpc) is 3.44. The van der Waals surface area contributed by atoms with Crippen LogP contribution in [-0.4, -0.2) is 50.3 Å². The fraction of sp³-hybridized carbons (Fsp3) is 0.556. The van der Waals surface area contributed by atoms with Gasteiger partial charge in [-0.3, -0.25) is 4.79 Å². The lowest BCUT2D eigenvalue weighted by Gasteiger charge is -2.30. The molecule has 1 aliphatic carbocycles. The Balaban J connectivity index is 1.72. The zero-order valence-electron chi connectivity index (χ0n) is 15.1. The number of esters is 1. The number of hydrogen-bond donors (Lipinski definition) is 1. The van der Waals surface area contributed by atoms with Crippen LogP contribution < -0.4 is 5.32 Å². The van der Waals surface area contributed by atoms with Gasteiger partial charge in [0.2, 0.25) is 10.0 Å². The van der Waals surface area contributed by atoms with Crippen molar-refractivity contribution in [3.63, 3.8) is 0 Å². The van der Waals surface area contributed by atoms with Gasteiger partial charge in [0.1, 0.15) is 4.90 Å². The number of carbonyl (C=O) groups excluding carboxylic acids is 2. The molecule has 1 amide bonds. The molecule has 2 fully saturated rings. The summed E-state index contributed by atoms with van der Waals surface area (Å²) in [5.74, 6) is -0.860. The summed E-state index contributed by atoms with van der Waals surface area (Å²) in [6.45, 7) is 2.46. The molecule has 0 spiro atoms. The van der Waals surface area contributed by atoms with Crippen molar-refractivity contribution < 1.29 is 22.7 Å². The second-order valence-electron chi connectivity index (χ2n) is 7.17. The van der Waals surface area contributed by atoms with Gasteiger partial charge in [-0.25, -0.2) is 13.2 Å². The highest BCUT2D eigenvalue weighted by molar-refractivity contribution is 7.89. The Kier molecular flexibility index (Phi) is 6.08. The van der Waals surface area contributed by atoms with E-state index in [1.54, 1.807) is 0 Å². The lowest BCUT2D eigenvalue weighted by Crippen LogP contribution is -2.39. The van der Waals surface area contributed by atoms with Crippen molar-refractivity contribution in [1.29, 1.82) is 0 Å². The van der Waals surface area contributed by atoms with E-state index in [1.165, 1.54) is 22.5 Å². The monoisotopic (exact) mass is 414 g/mol. The van der Waals surface area contributed by atoms with E-state index >= 15 is 0 Å². The molecule has 1 aromatic rings. The van der Waals surface area contributed by atoms with Gasteiger partial charge in [-0.2, -0.15) is 4.31 Å².